The number of sulfonamides is 1. The van der Waals surface area contributed by atoms with Gasteiger partial charge in [0.2, 0.25) is 10.0 Å². The van der Waals surface area contributed by atoms with Gasteiger partial charge in [-0.05, 0) is 19.8 Å². The first-order valence-corrected chi connectivity index (χ1v) is 6.17. The molecule has 1 atom stereocenters. The predicted octanol–water partition coefficient (Wildman–Crippen LogP) is 1.04. The van der Waals surface area contributed by atoms with Crippen molar-refractivity contribution >= 4 is 21.6 Å². The number of halogens is 1. The lowest BCUT2D eigenvalue weighted by molar-refractivity contribution is 0.470. The van der Waals surface area contributed by atoms with Crippen molar-refractivity contribution in [2.24, 2.45) is 0 Å². The van der Waals surface area contributed by atoms with Gasteiger partial charge in [-0.3, -0.25) is 0 Å². The Morgan fingerprint density at radius 2 is 1.92 bits per heavy atom. The van der Waals surface area contributed by atoms with Crippen molar-refractivity contribution in [1.82, 2.24) is 4.31 Å². The van der Waals surface area contributed by atoms with E-state index in [4.69, 9.17) is 11.6 Å². The van der Waals surface area contributed by atoms with E-state index in [0.717, 1.165) is 12.8 Å². The molecule has 0 bridgehead atoms. The topological polar surface area (TPSA) is 37.4 Å². The Labute approximate surface area is 78.7 Å². The molecule has 1 saturated heterocycles. The highest BCUT2D eigenvalue weighted by Crippen LogP contribution is 2.17. The summed E-state index contributed by atoms with van der Waals surface area (Å²) in [6, 6.07) is 0. The van der Waals surface area contributed by atoms with Crippen molar-refractivity contribution in [2.45, 2.75) is 25.0 Å². The van der Waals surface area contributed by atoms with E-state index in [1.54, 1.807) is 11.2 Å². The highest BCUT2D eigenvalue weighted by Gasteiger charge is 2.29. The second kappa shape index (κ2) is 3.94. The summed E-state index contributed by atoms with van der Waals surface area (Å²) in [6.45, 7) is 2.99. The number of rotatable bonds is 3. The molecule has 0 aromatic carbocycles. The molecule has 1 unspecified atom stereocenters. The molecule has 5 heteroatoms. The third-order valence-corrected chi connectivity index (χ3v) is 5.07. The molecule has 72 valence electrons. The molecular weight excluding hydrogens is 198 g/mol. The van der Waals surface area contributed by atoms with Crippen LogP contribution in [0.2, 0.25) is 0 Å². The molecule has 0 aromatic rings. The Hall–Kier alpha value is 0.200. The normalized spacial score (nSPS) is 22.8. The molecule has 0 N–H and O–H groups in total. The SMILES string of the molecule is CC(CCl)S(=O)(=O)N1CCCC1. The molecule has 0 saturated carbocycles. The summed E-state index contributed by atoms with van der Waals surface area (Å²) in [5.41, 5.74) is 0. The number of nitrogens with zero attached hydrogens (tertiary/aromatic N) is 1. The van der Waals surface area contributed by atoms with Crippen LogP contribution in [0.25, 0.3) is 0 Å². The molecule has 0 spiro atoms. The van der Waals surface area contributed by atoms with E-state index in [1.165, 1.54) is 0 Å². The lowest BCUT2D eigenvalue weighted by Gasteiger charge is -2.18. The molecule has 1 aliphatic heterocycles. The van der Waals surface area contributed by atoms with E-state index < -0.39 is 15.3 Å². The monoisotopic (exact) mass is 211 g/mol. The minimum absolute atomic E-state index is 0.179. The van der Waals surface area contributed by atoms with E-state index >= 15 is 0 Å². The summed E-state index contributed by atoms with van der Waals surface area (Å²) >= 11 is 5.51. The van der Waals surface area contributed by atoms with Gasteiger partial charge < -0.3 is 0 Å². The molecule has 0 aromatic heterocycles. The summed E-state index contributed by atoms with van der Waals surface area (Å²) in [5, 5.41) is -0.447. The molecule has 1 aliphatic rings. The zero-order valence-electron chi connectivity index (χ0n) is 7.16. The summed E-state index contributed by atoms with van der Waals surface area (Å²) in [7, 11) is -3.09. The molecule has 12 heavy (non-hydrogen) atoms. The molecule has 0 radical (unpaired) electrons. The van der Waals surface area contributed by atoms with Crippen LogP contribution in [0.1, 0.15) is 19.8 Å². The van der Waals surface area contributed by atoms with Crippen molar-refractivity contribution in [3.05, 3.63) is 0 Å². The lowest BCUT2D eigenvalue weighted by Crippen LogP contribution is -2.36. The first kappa shape index (κ1) is 10.3. The van der Waals surface area contributed by atoms with Gasteiger partial charge in [0.25, 0.3) is 0 Å². The Morgan fingerprint density at radius 1 is 1.42 bits per heavy atom. The summed E-state index contributed by atoms with van der Waals surface area (Å²) in [5.74, 6) is 0.179. The summed E-state index contributed by atoms with van der Waals surface area (Å²) < 4.78 is 24.8. The van der Waals surface area contributed by atoms with Crippen LogP contribution in [0.5, 0.6) is 0 Å². The Kier molecular flexibility index (Phi) is 3.37. The second-order valence-corrected chi connectivity index (χ2v) is 5.78. The first-order chi connectivity index (χ1) is 5.59. The minimum Gasteiger partial charge on any atom is -0.212 e. The Balaban J connectivity index is 2.70. The van der Waals surface area contributed by atoms with E-state index in [0.29, 0.717) is 13.1 Å². The standard InChI is InChI=1S/C7H14ClNO2S/c1-7(6-8)12(10,11)9-4-2-3-5-9/h7H,2-6H2,1H3. The van der Waals surface area contributed by atoms with Crippen LogP contribution in [0.4, 0.5) is 0 Å². The highest BCUT2D eigenvalue weighted by atomic mass is 35.5. The van der Waals surface area contributed by atoms with Gasteiger partial charge in [0.15, 0.2) is 0 Å². The van der Waals surface area contributed by atoms with Gasteiger partial charge in [0.1, 0.15) is 0 Å². The van der Waals surface area contributed by atoms with Crippen LogP contribution >= 0.6 is 11.6 Å². The van der Waals surface area contributed by atoms with Crippen molar-refractivity contribution in [3.63, 3.8) is 0 Å². The number of hydrogen-bond acceptors (Lipinski definition) is 2. The van der Waals surface area contributed by atoms with Crippen LogP contribution < -0.4 is 0 Å². The first-order valence-electron chi connectivity index (χ1n) is 4.14. The van der Waals surface area contributed by atoms with Crippen molar-refractivity contribution < 1.29 is 8.42 Å². The van der Waals surface area contributed by atoms with Gasteiger partial charge in [0, 0.05) is 19.0 Å². The molecule has 1 heterocycles. The third kappa shape index (κ3) is 1.92. The van der Waals surface area contributed by atoms with Crippen molar-refractivity contribution in [2.75, 3.05) is 19.0 Å². The number of alkyl halides is 1. The molecule has 3 nitrogen and oxygen atoms in total. The van der Waals surface area contributed by atoms with Gasteiger partial charge in [-0.25, -0.2) is 12.7 Å². The zero-order valence-corrected chi connectivity index (χ0v) is 8.74. The number of hydrogen-bond donors (Lipinski definition) is 0. The van der Waals surface area contributed by atoms with Crippen LogP contribution in [0.15, 0.2) is 0 Å². The third-order valence-electron chi connectivity index (χ3n) is 2.15. The molecule has 0 amide bonds. The van der Waals surface area contributed by atoms with Crippen LogP contribution in [-0.4, -0.2) is 36.9 Å². The van der Waals surface area contributed by atoms with E-state index in [1.807, 2.05) is 0 Å². The maximum atomic E-state index is 11.6. The van der Waals surface area contributed by atoms with Gasteiger partial charge in [-0.15, -0.1) is 11.6 Å². The van der Waals surface area contributed by atoms with Crippen LogP contribution in [0, 0.1) is 0 Å². The fourth-order valence-corrected chi connectivity index (χ4v) is 3.19. The fourth-order valence-electron chi connectivity index (χ4n) is 1.28. The Morgan fingerprint density at radius 3 is 2.33 bits per heavy atom. The largest absolute Gasteiger partial charge is 0.217 e. The van der Waals surface area contributed by atoms with E-state index in [9.17, 15) is 8.42 Å². The van der Waals surface area contributed by atoms with Crippen molar-refractivity contribution in [3.8, 4) is 0 Å². The van der Waals surface area contributed by atoms with Gasteiger partial charge in [0.05, 0.1) is 5.25 Å². The van der Waals surface area contributed by atoms with E-state index in [-0.39, 0.29) is 5.88 Å². The van der Waals surface area contributed by atoms with E-state index in [2.05, 4.69) is 0 Å². The molecule has 1 fully saturated rings. The van der Waals surface area contributed by atoms with Crippen molar-refractivity contribution in [1.29, 1.82) is 0 Å². The maximum absolute atomic E-state index is 11.6. The maximum Gasteiger partial charge on any atom is 0.217 e. The average Bonchev–Trinajstić information content (AvgIpc) is 2.55. The smallest absolute Gasteiger partial charge is 0.212 e. The van der Waals surface area contributed by atoms with Crippen LogP contribution in [0.3, 0.4) is 0 Å². The predicted molar refractivity (Wildman–Crippen MR) is 49.9 cm³/mol. The minimum atomic E-state index is -3.09. The fraction of sp³-hybridized carbons (Fsp3) is 1.00. The van der Waals surface area contributed by atoms with Gasteiger partial charge in [-0.2, -0.15) is 0 Å². The second-order valence-electron chi connectivity index (χ2n) is 3.12. The summed E-state index contributed by atoms with van der Waals surface area (Å²) in [6.07, 6.45) is 1.96. The lowest BCUT2D eigenvalue weighted by atomic mass is 10.4. The molecular formula is C7H14ClNO2S. The summed E-state index contributed by atoms with van der Waals surface area (Å²) in [4.78, 5) is 0. The Bertz CT molecular complexity index is 234. The van der Waals surface area contributed by atoms with Gasteiger partial charge in [-0.1, -0.05) is 0 Å². The highest BCUT2D eigenvalue weighted by molar-refractivity contribution is 7.89. The molecule has 0 aliphatic carbocycles. The zero-order chi connectivity index (χ0) is 9.19. The quantitative estimate of drug-likeness (QED) is 0.655. The van der Waals surface area contributed by atoms with Crippen LogP contribution in [-0.2, 0) is 10.0 Å². The average molecular weight is 212 g/mol. The van der Waals surface area contributed by atoms with Gasteiger partial charge >= 0.3 is 0 Å². The molecule has 1 rings (SSSR count).